The molecule has 1 aromatic carbocycles. The molecule has 0 aliphatic rings. The van der Waals surface area contributed by atoms with Gasteiger partial charge in [0.1, 0.15) is 0 Å². The summed E-state index contributed by atoms with van der Waals surface area (Å²) in [5.74, 6) is -0.102. The van der Waals surface area contributed by atoms with Gasteiger partial charge in [-0.1, -0.05) is 29.3 Å². The molecule has 0 fully saturated rings. The highest BCUT2D eigenvalue weighted by Gasteiger charge is 2.13. The molecule has 18 heavy (non-hydrogen) atoms. The van der Waals surface area contributed by atoms with Crippen LogP contribution in [0.25, 0.3) is 0 Å². The molecular weight excluding hydrogens is 273 g/mol. The number of halogens is 2. The number of aromatic nitrogens is 2. The van der Waals surface area contributed by atoms with Gasteiger partial charge in [-0.05, 0) is 17.7 Å². The predicted octanol–water partition coefficient (Wildman–Crippen LogP) is 2.99. The van der Waals surface area contributed by atoms with Crippen LogP contribution in [0.2, 0.25) is 10.0 Å². The first-order valence-electron chi connectivity index (χ1n) is 5.26. The Morgan fingerprint density at radius 3 is 2.78 bits per heavy atom. The van der Waals surface area contributed by atoms with Crippen LogP contribution in [-0.2, 0) is 6.54 Å². The number of hydrogen-bond acceptors (Lipinski definition) is 2. The van der Waals surface area contributed by atoms with Crippen molar-refractivity contribution in [3.8, 4) is 0 Å². The number of hydrogen-bond donors (Lipinski definition) is 1. The highest BCUT2D eigenvalue weighted by molar-refractivity contribution is 6.42. The largest absolute Gasteiger partial charge is 0.337 e. The number of carbonyl (C=O) groups is 1. The van der Waals surface area contributed by atoms with Crippen molar-refractivity contribution in [1.29, 1.82) is 0 Å². The molecule has 0 aliphatic heterocycles. The van der Waals surface area contributed by atoms with E-state index in [1.54, 1.807) is 30.3 Å². The van der Waals surface area contributed by atoms with E-state index in [1.807, 2.05) is 6.07 Å². The number of benzene rings is 1. The third-order valence-electron chi connectivity index (χ3n) is 2.50. The van der Waals surface area contributed by atoms with Gasteiger partial charge in [0, 0.05) is 19.8 Å². The standard InChI is InChI=1S/C12H11Cl2N3O/c1-17(12(18)9-5-15-16-6-9)7-8-2-3-10(13)11(14)4-8/h2-6H,7H2,1H3,(H,15,16). The predicted molar refractivity (Wildman–Crippen MR) is 70.8 cm³/mol. The molecule has 0 unspecified atom stereocenters. The lowest BCUT2D eigenvalue weighted by Crippen LogP contribution is -2.25. The van der Waals surface area contributed by atoms with Crippen LogP contribution in [0.1, 0.15) is 15.9 Å². The third kappa shape index (κ3) is 2.83. The van der Waals surface area contributed by atoms with Gasteiger partial charge in [0.2, 0.25) is 0 Å². The van der Waals surface area contributed by atoms with Gasteiger partial charge in [0.05, 0.1) is 21.8 Å². The summed E-state index contributed by atoms with van der Waals surface area (Å²) in [6, 6.07) is 5.31. The summed E-state index contributed by atoms with van der Waals surface area (Å²) >= 11 is 11.8. The van der Waals surface area contributed by atoms with E-state index in [2.05, 4.69) is 10.2 Å². The maximum atomic E-state index is 12.0. The minimum absolute atomic E-state index is 0.102. The van der Waals surface area contributed by atoms with Crippen LogP contribution >= 0.6 is 23.2 Å². The fraction of sp³-hybridized carbons (Fsp3) is 0.167. The van der Waals surface area contributed by atoms with E-state index >= 15 is 0 Å². The van der Waals surface area contributed by atoms with Crippen molar-refractivity contribution in [2.24, 2.45) is 0 Å². The Hall–Kier alpha value is -1.52. The molecular formula is C12H11Cl2N3O. The average Bonchev–Trinajstić information content (AvgIpc) is 2.86. The zero-order chi connectivity index (χ0) is 13.1. The fourth-order valence-corrected chi connectivity index (χ4v) is 1.89. The summed E-state index contributed by atoms with van der Waals surface area (Å²) in [4.78, 5) is 13.6. The second kappa shape index (κ2) is 5.42. The van der Waals surface area contributed by atoms with Crippen molar-refractivity contribution >= 4 is 29.1 Å². The summed E-state index contributed by atoms with van der Waals surface area (Å²) in [6.45, 7) is 0.459. The molecule has 1 N–H and O–H groups in total. The average molecular weight is 284 g/mol. The lowest BCUT2D eigenvalue weighted by molar-refractivity contribution is 0.0785. The van der Waals surface area contributed by atoms with Gasteiger partial charge >= 0.3 is 0 Å². The number of nitrogens with zero attached hydrogens (tertiary/aromatic N) is 2. The van der Waals surface area contributed by atoms with Crippen LogP contribution in [0.3, 0.4) is 0 Å². The molecule has 2 rings (SSSR count). The van der Waals surface area contributed by atoms with Crippen molar-refractivity contribution in [1.82, 2.24) is 15.1 Å². The quantitative estimate of drug-likeness (QED) is 0.942. The smallest absolute Gasteiger partial charge is 0.257 e. The monoisotopic (exact) mass is 283 g/mol. The molecule has 0 bridgehead atoms. The number of nitrogens with one attached hydrogen (secondary N) is 1. The summed E-state index contributed by atoms with van der Waals surface area (Å²) in [6.07, 6.45) is 3.06. The van der Waals surface area contributed by atoms with E-state index in [9.17, 15) is 4.79 Å². The van der Waals surface area contributed by atoms with E-state index < -0.39 is 0 Å². The van der Waals surface area contributed by atoms with E-state index in [4.69, 9.17) is 23.2 Å². The second-order valence-corrected chi connectivity index (χ2v) is 4.71. The van der Waals surface area contributed by atoms with Crippen molar-refractivity contribution in [2.75, 3.05) is 7.05 Å². The molecule has 0 spiro atoms. The molecule has 0 saturated heterocycles. The van der Waals surface area contributed by atoms with Crippen molar-refractivity contribution in [3.63, 3.8) is 0 Å². The maximum Gasteiger partial charge on any atom is 0.257 e. The number of rotatable bonds is 3. The van der Waals surface area contributed by atoms with Gasteiger partial charge in [-0.2, -0.15) is 5.10 Å². The summed E-state index contributed by atoms with van der Waals surface area (Å²) < 4.78 is 0. The minimum atomic E-state index is -0.102. The van der Waals surface area contributed by atoms with Crippen LogP contribution in [0.5, 0.6) is 0 Å². The normalized spacial score (nSPS) is 10.4. The zero-order valence-electron chi connectivity index (χ0n) is 9.65. The van der Waals surface area contributed by atoms with Gasteiger partial charge in [-0.15, -0.1) is 0 Å². The summed E-state index contributed by atoms with van der Waals surface area (Å²) in [5, 5.41) is 7.35. The van der Waals surface area contributed by atoms with E-state index in [0.29, 0.717) is 22.2 Å². The molecule has 4 nitrogen and oxygen atoms in total. The van der Waals surface area contributed by atoms with Gasteiger partial charge in [0.25, 0.3) is 5.91 Å². The first kappa shape index (κ1) is 12.9. The number of amides is 1. The molecule has 1 amide bonds. The minimum Gasteiger partial charge on any atom is -0.337 e. The first-order chi connectivity index (χ1) is 8.58. The van der Waals surface area contributed by atoms with Gasteiger partial charge in [-0.3, -0.25) is 9.89 Å². The Labute approximate surface area is 115 Å². The van der Waals surface area contributed by atoms with Crippen LogP contribution in [0, 0.1) is 0 Å². The molecule has 0 radical (unpaired) electrons. The fourth-order valence-electron chi connectivity index (χ4n) is 1.57. The van der Waals surface area contributed by atoms with Crippen molar-refractivity contribution in [3.05, 3.63) is 51.8 Å². The van der Waals surface area contributed by atoms with Crippen LogP contribution < -0.4 is 0 Å². The summed E-state index contributed by atoms with van der Waals surface area (Å²) in [7, 11) is 1.72. The third-order valence-corrected chi connectivity index (χ3v) is 3.23. The Balaban J connectivity index is 2.09. The molecule has 94 valence electrons. The van der Waals surface area contributed by atoms with Crippen LogP contribution in [0.15, 0.2) is 30.6 Å². The summed E-state index contributed by atoms with van der Waals surface area (Å²) in [5.41, 5.74) is 1.45. The molecule has 1 heterocycles. The van der Waals surface area contributed by atoms with Crippen molar-refractivity contribution < 1.29 is 4.79 Å². The Bertz CT molecular complexity index is 554. The number of carbonyl (C=O) groups excluding carboxylic acids is 1. The van der Waals surface area contributed by atoms with Gasteiger partial charge in [-0.25, -0.2) is 0 Å². The van der Waals surface area contributed by atoms with Crippen molar-refractivity contribution in [2.45, 2.75) is 6.54 Å². The topological polar surface area (TPSA) is 49.0 Å². The Morgan fingerprint density at radius 2 is 2.17 bits per heavy atom. The highest BCUT2D eigenvalue weighted by Crippen LogP contribution is 2.23. The molecule has 2 aromatic rings. The van der Waals surface area contributed by atoms with E-state index in [1.165, 1.54) is 6.20 Å². The van der Waals surface area contributed by atoms with Crippen LogP contribution in [-0.4, -0.2) is 28.1 Å². The molecule has 0 saturated carbocycles. The van der Waals surface area contributed by atoms with Gasteiger partial charge < -0.3 is 4.90 Å². The SMILES string of the molecule is CN(Cc1ccc(Cl)c(Cl)c1)C(=O)c1cn[nH]c1. The zero-order valence-corrected chi connectivity index (χ0v) is 11.2. The molecule has 6 heteroatoms. The molecule has 0 atom stereocenters. The Morgan fingerprint density at radius 1 is 1.39 bits per heavy atom. The molecule has 1 aromatic heterocycles. The number of H-pyrrole nitrogens is 1. The lowest BCUT2D eigenvalue weighted by Gasteiger charge is -2.16. The molecule has 0 aliphatic carbocycles. The Kier molecular flexibility index (Phi) is 3.89. The number of aromatic amines is 1. The van der Waals surface area contributed by atoms with E-state index in [0.717, 1.165) is 5.56 Å². The highest BCUT2D eigenvalue weighted by atomic mass is 35.5. The lowest BCUT2D eigenvalue weighted by atomic mass is 10.2. The second-order valence-electron chi connectivity index (χ2n) is 3.90. The maximum absolute atomic E-state index is 12.0. The van der Waals surface area contributed by atoms with E-state index in [-0.39, 0.29) is 5.91 Å². The van der Waals surface area contributed by atoms with Gasteiger partial charge in [0.15, 0.2) is 0 Å². The van der Waals surface area contributed by atoms with Crippen LogP contribution in [0.4, 0.5) is 0 Å². The first-order valence-corrected chi connectivity index (χ1v) is 6.01.